The second-order valence-corrected chi connectivity index (χ2v) is 7.08. The Balaban J connectivity index is 1.54. The molecule has 0 atom stereocenters. The Kier molecular flexibility index (Phi) is 5.16. The third-order valence-corrected chi connectivity index (χ3v) is 5.15. The molecule has 0 unspecified atom stereocenters. The first-order valence-corrected chi connectivity index (χ1v) is 9.59. The molecule has 1 aromatic carbocycles. The normalized spacial score (nSPS) is 15.0. The first-order chi connectivity index (χ1) is 13.2. The lowest BCUT2D eigenvalue weighted by Gasteiger charge is -2.22. The summed E-state index contributed by atoms with van der Waals surface area (Å²) in [6.45, 7) is 6.82. The first kappa shape index (κ1) is 17.7. The summed E-state index contributed by atoms with van der Waals surface area (Å²) >= 11 is 0. The van der Waals surface area contributed by atoms with Crippen LogP contribution in [0.15, 0.2) is 42.7 Å². The van der Waals surface area contributed by atoms with Crippen LogP contribution in [0.2, 0.25) is 0 Å². The molecular formula is C21H26N6. The fraction of sp³-hybridized carbons (Fsp3) is 0.381. The second kappa shape index (κ2) is 7.88. The van der Waals surface area contributed by atoms with Crippen molar-refractivity contribution in [3.05, 3.63) is 65.6 Å². The third-order valence-electron chi connectivity index (χ3n) is 5.15. The Bertz CT molecular complexity index is 911. The van der Waals surface area contributed by atoms with Crippen LogP contribution in [0.3, 0.4) is 0 Å². The maximum atomic E-state index is 4.69. The number of nitrogens with zero attached hydrogens (tertiary/aromatic N) is 4. The number of piperidine rings is 1. The van der Waals surface area contributed by atoms with Crippen molar-refractivity contribution in [3.63, 3.8) is 0 Å². The lowest BCUT2D eigenvalue weighted by atomic mass is 9.94. The van der Waals surface area contributed by atoms with Crippen molar-refractivity contribution in [3.8, 4) is 5.69 Å². The average Bonchev–Trinajstić information content (AvgIpc) is 3.12. The van der Waals surface area contributed by atoms with Crippen LogP contribution in [0, 0.1) is 13.8 Å². The van der Waals surface area contributed by atoms with Gasteiger partial charge < -0.3 is 15.2 Å². The molecule has 3 heterocycles. The number of aryl methyl sites for hydroxylation is 2. The Morgan fingerprint density at radius 2 is 1.96 bits per heavy atom. The molecule has 6 nitrogen and oxygen atoms in total. The highest BCUT2D eigenvalue weighted by Gasteiger charge is 2.18. The van der Waals surface area contributed by atoms with Crippen LogP contribution in [0.5, 0.6) is 0 Å². The summed E-state index contributed by atoms with van der Waals surface area (Å²) in [4.78, 5) is 13.6. The van der Waals surface area contributed by atoms with Gasteiger partial charge in [-0.15, -0.1) is 0 Å². The van der Waals surface area contributed by atoms with Crippen molar-refractivity contribution in [2.75, 3.05) is 18.4 Å². The summed E-state index contributed by atoms with van der Waals surface area (Å²) in [5, 5.41) is 6.92. The Morgan fingerprint density at radius 1 is 1.15 bits per heavy atom. The Morgan fingerprint density at radius 3 is 2.74 bits per heavy atom. The van der Waals surface area contributed by atoms with Gasteiger partial charge in [0.1, 0.15) is 17.5 Å². The van der Waals surface area contributed by atoms with Gasteiger partial charge in [-0.25, -0.2) is 15.0 Å². The molecule has 0 bridgehead atoms. The average molecular weight is 362 g/mol. The molecule has 2 aromatic heterocycles. The molecule has 1 aliphatic rings. The van der Waals surface area contributed by atoms with Crippen LogP contribution < -0.4 is 10.6 Å². The summed E-state index contributed by atoms with van der Waals surface area (Å²) in [5.41, 5.74) is 3.51. The molecule has 1 fully saturated rings. The van der Waals surface area contributed by atoms with Gasteiger partial charge in [-0.05, 0) is 51.4 Å². The molecular weight excluding hydrogens is 336 g/mol. The predicted molar refractivity (Wildman–Crippen MR) is 107 cm³/mol. The lowest BCUT2D eigenvalue weighted by Crippen LogP contribution is -2.27. The maximum Gasteiger partial charge on any atom is 0.130 e. The zero-order chi connectivity index (χ0) is 18.6. The molecule has 0 amide bonds. The highest BCUT2D eigenvalue weighted by Crippen LogP contribution is 2.25. The summed E-state index contributed by atoms with van der Waals surface area (Å²) in [5.74, 6) is 3.23. The highest BCUT2D eigenvalue weighted by atomic mass is 15.1. The smallest absolute Gasteiger partial charge is 0.130 e. The van der Waals surface area contributed by atoms with E-state index in [9.17, 15) is 0 Å². The maximum absolute atomic E-state index is 4.69. The zero-order valence-corrected chi connectivity index (χ0v) is 15.9. The van der Waals surface area contributed by atoms with Crippen LogP contribution in [0.1, 0.15) is 41.7 Å². The molecule has 140 valence electrons. The van der Waals surface area contributed by atoms with Crippen molar-refractivity contribution in [1.29, 1.82) is 0 Å². The van der Waals surface area contributed by atoms with Gasteiger partial charge in [-0.1, -0.05) is 18.2 Å². The van der Waals surface area contributed by atoms with Gasteiger partial charge in [0.2, 0.25) is 0 Å². The molecule has 27 heavy (non-hydrogen) atoms. The van der Waals surface area contributed by atoms with E-state index < -0.39 is 0 Å². The summed E-state index contributed by atoms with van der Waals surface area (Å²) in [7, 11) is 0. The number of benzene rings is 1. The van der Waals surface area contributed by atoms with Gasteiger partial charge >= 0.3 is 0 Å². The minimum absolute atomic E-state index is 0.523. The Labute approximate surface area is 160 Å². The first-order valence-electron chi connectivity index (χ1n) is 9.59. The molecule has 1 saturated heterocycles. The number of anilines is 1. The number of hydrogen-bond donors (Lipinski definition) is 2. The van der Waals surface area contributed by atoms with Gasteiger partial charge in [0.05, 0.1) is 5.69 Å². The van der Waals surface area contributed by atoms with Crippen molar-refractivity contribution >= 4 is 5.82 Å². The van der Waals surface area contributed by atoms with E-state index in [4.69, 9.17) is 4.98 Å². The summed E-state index contributed by atoms with van der Waals surface area (Å²) < 4.78 is 2.11. The highest BCUT2D eigenvalue weighted by molar-refractivity contribution is 5.45. The van der Waals surface area contributed by atoms with E-state index >= 15 is 0 Å². The van der Waals surface area contributed by atoms with E-state index in [1.807, 2.05) is 26.2 Å². The zero-order valence-electron chi connectivity index (χ0n) is 15.9. The number of imidazole rings is 1. The number of aromatic nitrogens is 4. The molecule has 0 saturated carbocycles. The largest absolute Gasteiger partial charge is 0.366 e. The third kappa shape index (κ3) is 4.01. The van der Waals surface area contributed by atoms with Gasteiger partial charge in [0.15, 0.2) is 0 Å². The van der Waals surface area contributed by atoms with Gasteiger partial charge in [-0.3, -0.25) is 0 Å². The number of rotatable bonds is 5. The van der Waals surface area contributed by atoms with Gasteiger partial charge in [-0.2, -0.15) is 0 Å². The van der Waals surface area contributed by atoms with Crippen molar-refractivity contribution < 1.29 is 0 Å². The van der Waals surface area contributed by atoms with Crippen molar-refractivity contribution in [2.24, 2.45) is 0 Å². The van der Waals surface area contributed by atoms with E-state index in [1.54, 1.807) is 0 Å². The van der Waals surface area contributed by atoms with E-state index in [0.29, 0.717) is 12.5 Å². The summed E-state index contributed by atoms with van der Waals surface area (Å²) in [6, 6.07) is 10.5. The van der Waals surface area contributed by atoms with Crippen LogP contribution in [0.4, 0.5) is 5.82 Å². The number of nitrogens with one attached hydrogen (secondary N) is 2. The van der Waals surface area contributed by atoms with Crippen LogP contribution >= 0.6 is 0 Å². The minimum Gasteiger partial charge on any atom is -0.366 e. The monoisotopic (exact) mass is 362 g/mol. The fourth-order valence-electron chi connectivity index (χ4n) is 3.72. The molecule has 6 heteroatoms. The SMILES string of the molecule is Cc1nc(NCc2ccccc2-n2ccnc2C)cc(C2CCNCC2)n1. The number of para-hydroxylation sites is 1. The minimum atomic E-state index is 0.523. The van der Waals surface area contributed by atoms with E-state index in [-0.39, 0.29) is 0 Å². The fourth-order valence-corrected chi connectivity index (χ4v) is 3.72. The van der Waals surface area contributed by atoms with Crippen LogP contribution in [0.25, 0.3) is 5.69 Å². The number of hydrogen-bond acceptors (Lipinski definition) is 5. The Hall–Kier alpha value is -2.73. The molecule has 0 spiro atoms. The molecule has 3 aromatic rings. The molecule has 4 rings (SSSR count). The van der Waals surface area contributed by atoms with Gasteiger partial charge in [0, 0.05) is 36.6 Å². The second-order valence-electron chi connectivity index (χ2n) is 7.08. The lowest BCUT2D eigenvalue weighted by molar-refractivity contribution is 0.452. The van der Waals surface area contributed by atoms with Crippen molar-refractivity contribution in [2.45, 2.75) is 39.2 Å². The van der Waals surface area contributed by atoms with E-state index in [1.165, 1.54) is 5.56 Å². The van der Waals surface area contributed by atoms with E-state index in [0.717, 1.165) is 54.8 Å². The molecule has 0 radical (unpaired) electrons. The molecule has 1 aliphatic heterocycles. The van der Waals surface area contributed by atoms with Crippen LogP contribution in [-0.4, -0.2) is 32.6 Å². The summed E-state index contributed by atoms with van der Waals surface area (Å²) in [6.07, 6.45) is 6.11. The topological polar surface area (TPSA) is 67.7 Å². The predicted octanol–water partition coefficient (Wildman–Crippen LogP) is 3.36. The van der Waals surface area contributed by atoms with Crippen molar-refractivity contribution in [1.82, 2.24) is 24.8 Å². The standard InChI is InChI=1S/C21H26N6/c1-15-25-19(17-7-9-22-10-8-17)13-21(26-15)24-14-18-5-3-4-6-20(18)27-12-11-23-16(27)2/h3-6,11-13,17,22H,7-10,14H2,1-2H3,(H,24,25,26). The van der Waals surface area contributed by atoms with Gasteiger partial charge in [0.25, 0.3) is 0 Å². The molecule has 0 aliphatic carbocycles. The molecule has 2 N–H and O–H groups in total. The van der Waals surface area contributed by atoms with Crippen LogP contribution in [-0.2, 0) is 6.54 Å². The van der Waals surface area contributed by atoms with E-state index in [2.05, 4.69) is 55.5 Å². The quantitative estimate of drug-likeness (QED) is 0.728.